The molecular formula is C12H16INO2. The van der Waals surface area contributed by atoms with E-state index in [1.165, 1.54) is 0 Å². The maximum Gasteiger partial charge on any atom is 0.256 e. The molecule has 0 saturated heterocycles. The average Bonchev–Trinajstić information content (AvgIpc) is 2.28. The van der Waals surface area contributed by atoms with Gasteiger partial charge in [0.2, 0.25) is 0 Å². The van der Waals surface area contributed by atoms with Crippen LogP contribution in [-0.2, 0) is 9.53 Å². The number of amides is 1. The lowest BCUT2D eigenvalue weighted by Crippen LogP contribution is -2.41. The normalized spacial score (nSPS) is 14.2. The predicted octanol–water partition coefficient (Wildman–Crippen LogP) is 3.04. The number of ether oxygens (including phenoxy) is 1. The first-order valence-corrected chi connectivity index (χ1v) is 6.22. The van der Waals surface area contributed by atoms with Crippen molar-refractivity contribution in [1.82, 2.24) is 0 Å². The fourth-order valence-corrected chi connectivity index (χ4v) is 1.77. The Morgan fingerprint density at radius 1 is 1.56 bits per heavy atom. The largest absolute Gasteiger partial charge is 0.369 e. The maximum atomic E-state index is 12.0. The van der Waals surface area contributed by atoms with Gasteiger partial charge in [-0.15, -0.1) is 0 Å². The van der Waals surface area contributed by atoms with Crippen LogP contribution in [0.1, 0.15) is 20.3 Å². The van der Waals surface area contributed by atoms with Crippen LogP contribution < -0.4 is 5.32 Å². The second-order valence-electron chi connectivity index (χ2n) is 3.75. The standard InChI is InChI=1S/C12H16INO2/c1-4-12(2,16-3)11(15)14-10-7-5-6-9(13)8-10/h5-8H,4H2,1-3H3,(H,14,15). The van der Waals surface area contributed by atoms with Gasteiger partial charge in [-0.2, -0.15) is 0 Å². The maximum absolute atomic E-state index is 12.0. The Labute approximate surface area is 110 Å². The van der Waals surface area contributed by atoms with Crippen molar-refractivity contribution in [1.29, 1.82) is 0 Å². The van der Waals surface area contributed by atoms with Gasteiger partial charge in [0.05, 0.1) is 0 Å². The van der Waals surface area contributed by atoms with Gasteiger partial charge in [-0.05, 0) is 54.1 Å². The summed E-state index contributed by atoms with van der Waals surface area (Å²) >= 11 is 2.21. The molecule has 1 N–H and O–H groups in total. The van der Waals surface area contributed by atoms with Gasteiger partial charge in [-0.1, -0.05) is 13.0 Å². The molecule has 0 saturated carbocycles. The monoisotopic (exact) mass is 333 g/mol. The molecule has 16 heavy (non-hydrogen) atoms. The highest BCUT2D eigenvalue weighted by molar-refractivity contribution is 14.1. The van der Waals surface area contributed by atoms with Crippen LogP contribution in [0.4, 0.5) is 5.69 Å². The summed E-state index contributed by atoms with van der Waals surface area (Å²) in [5.74, 6) is -0.112. The molecule has 3 nitrogen and oxygen atoms in total. The molecule has 0 aliphatic heterocycles. The molecule has 0 heterocycles. The molecule has 1 unspecified atom stereocenters. The SMILES string of the molecule is CCC(C)(OC)C(=O)Nc1cccc(I)c1. The number of anilines is 1. The molecule has 1 atom stereocenters. The Balaban J connectivity index is 2.78. The number of hydrogen-bond acceptors (Lipinski definition) is 2. The van der Waals surface area contributed by atoms with E-state index in [4.69, 9.17) is 4.74 Å². The van der Waals surface area contributed by atoms with Gasteiger partial charge in [-0.3, -0.25) is 4.79 Å². The number of carbonyl (C=O) groups excluding carboxylic acids is 1. The second-order valence-corrected chi connectivity index (χ2v) is 5.00. The number of hydrogen-bond donors (Lipinski definition) is 1. The molecule has 0 bridgehead atoms. The van der Waals surface area contributed by atoms with E-state index in [9.17, 15) is 4.79 Å². The summed E-state index contributed by atoms with van der Waals surface area (Å²) in [6.07, 6.45) is 0.638. The van der Waals surface area contributed by atoms with Crippen molar-refractivity contribution in [3.05, 3.63) is 27.8 Å². The zero-order valence-electron chi connectivity index (χ0n) is 9.71. The lowest BCUT2D eigenvalue weighted by molar-refractivity contribution is -0.136. The number of nitrogens with one attached hydrogen (secondary N) is 1. The van der Waals surface area contributed by atoms with Crippen LogP contribution in [0.15, 0.2) is 24.3 Å². The van der Waals surface area contributed by atoms with Crippen molar-refractivity contribution in [3.63, 3.8) is 0 Å². The van der Waals surface area contributed by atoms with Gasteiger partial charge in [0.25, 0.3) is 5.91 Å². The van der Waals surface area contributed by atoms with Crippen molar-refractivity contribution < 1.29 is 9.53 Å². The average molecular weight is 333 g/mol. The molecule has 0 aliphatic carbocycles. The smallest absolute Gasteiger partial charge is 0.256 e. The first-order valence-electron chi connectivity index (χ1n) is 5.14. The number of benzene rings is 1. The van der Waals surface area contributed by atoms with E-state index < -0.39 is 5.60 Å². The van der Waals surface area contributed by atoms with E-state index in [1.807, 2.05) is 31.2 Å². The van der Waals surface area contributed by atoms with Crippen LogP contribution >= 0.6 is 22.6 Å². The van der Waals surface area contributed by atoms with E-state index in [1.54, 1.807) is 14.0 Å². The molecular weight excluding hydrogens is 317 g/mol. The van der Waals surface area contributed by atoms with E-state index in [2.05, 4.69) is 27.9 Å². The molecule has 0 radical (unpaired) electrons. The second kappa shape index (κ2) is 5.63. The lowest BCUT2D eigenvalue weighted by Gasteiger charge is -2.25. The quantitative estimate of drug-likeness (QED) is 0.860. The summed E-state index contributed by atoms with van der Waals surface area (Å²) in [4.78, 5) is 12.0. The van der Waals surface area contributed by atoms with Gasteiger partial charge in [-0.25, -0.2) is 0 Å². The summed E-state index contributed by atoms with van der Waals surface area (Å²) in [5, 5.41) is 2.86. The van der Waals surface area contributed by atoms with Crippen LogP contribution in [0, 0.1) is 3.57 Å². The zero-order chi connectivity index (χ0) is 12.2. The van der Waals surface area contributed by atoms with E-state index in [0.29, 0.717) is 6.42 Å². The van der Waals surface area contributed by atoms with E-state index in [-0.39, 0.29) is 5.91 Å². The highest BCUT2D eigenvalue weighted by atomic mass is 127. The summed E-state index contributed by atoms with van der Waals surface area (Å²) in [7, 11) is 1.55. The topological polar surface area (TPSA) is 38.3 Å². The molecule has 1 aromatic carbocycles. The van der Waals surface area contributed by atoms with Crippen molar-refractivity contribution in [3.8, 4) is 0 Å². The first kappa shape index (κ1) is 13.4. The van der Waals surface area contributed by atoms with Gasteiger partial charge in [0, 0.05) is 16.4 Å². The Hall–Kier alpha value is -0.620. The zero-order valence-corrected chi connectivity index (χ0v) is 11.9. The van der Waals surface area contributed by atoms with Crippen molar-refractivity contribution in [2.75, 3.05) is 12.4 Å². The number of carbonyl (C=O) groups is 1. The van der Waals surface area contributed by atoms with Crippen LogP contribution in [0.25, 0.3) is 0 Å². The Kier molecular flexibility index (Phi) is 4.73. The fourth-order valence-electron chi connectivity index (χ4n) is 1.23. The van der Waals surface area contributed by atoms with Crippen LogP contribution in [-0.4, -0.2) is 18.6 Å². The Bertz CT molecular complexity index is 375. The minimum absolute atomic E-state index is 0.112. The van der Waals surface area contributed by atoms with Gasteiger partial charge in [0.1, 0.15) is 5.60 Å². The Morgan fingerprint density at radius 2 is 2.25 bits per heavy atom. The van der Waals surface area contributed by atoms with Crippen molar-refractivity contribution in [2.24, 2.45) is 0 Å². The van der Waals surface area contributed by atoms with Crippen molar-refractivity contribution >= 4 is 34.2 Å². The lowest BCUT2D eigenvalue weighted by atomic mass is 10.0. The molecule has 1 amide bonds. The van der Waals surface area contributed by atoms with Crippen LogP contribution in [0.5, 0.6) is 0 Å². The highest BCUT2D eigenvalue weighted by Gasteiger charge is 2.30. The third-order valence-corrected chi connectivity index (χ3v) is 3.36. The van der Waals surface area contributed by atoms with Crippen LogP contribution in [0.3, 0.4) is 0 Å². The van der Waals surface area contributed by atoms with Gasteiger partial charge >= 0.3 is 0 Å². The fraction of sp³-hybridized carbons (Fsp3) is 0.417. The first-order chi connectivity index (χ1) is 7.51. The van der Waals surface area contributed by atoms with E-state index >= 15 is 0 Å². The van der Waals surface area contributed by atoms with Gasteiger partial charge in [0.15, 0.2) is 0 Å². The third kappa shape index (κ3) is 3.18. The summed E-state index contributed by atoms with van der Waals surface area (Å²) in [6.45, 7) is 3.72. The molecule has 4 heteroatoms. The predicted molar refractivity (Wildman–Crippen MR) is 73.5 cm³/mol. The minimum atomic E-state index is -0.763. The third-order valence-electron chi connectivity index (χ3n) is 2.69. The molecule has 0 aliphatic rings. The molecule has 0 spiro atoms. The molecule has 1 aromatic rings. The van der Waals surface area contributed by atoms with Crippen molar-refractivity contribution in [2.45, 2.75) is 25.9 Å². The van der Waals surface area contributed by atoms with Gasteiger partial charge < -0.3 is 10.1 Å². The number of halogens is 1. The molecule has 0 fully saturated rings. The molecule has 88 valence electrons. The minimum Gasteiger partial charge on any atom is -0.369 e. The summed E-state index contributed by atoms with van der Waals surface area (Å²) in [6, 6.07) is 7.68. The highest BCUT2D eigenvalue weighted by Crippen LogP contribution is 2.18. The number of methoxy groups -OCH3 is 1. The van der Waals surface area contributed by atoms with E-state index in [0.717, 1.165) is 9.26 Å². The summed E-state index contributed by atoms with van der Waals surface area (Å²) in [5.41, 5.74) is 0.0370. The Morgan fingerprint density at radius 3 is 2.75 bits per heavy atom. The summed E-state index contributed by atoms with van der Waals surface area (Å²) < 4.78 is 6.33. The molecule has 1 rings (SSSR count). The number of rotatable bonds is 4. The molecule has 0 aromatic heterocycles. The van der Waals surface area contributed by atoms with Crippen LogP contribution in [0.2, 0.25) is 0 Å².